The lowest BCUT2D eigenvalue weighted by Crippen LogP contribution is -2.41. The summed E-state index contributed by atoms with van der Waals surface area (Å²) < 4.78 is 11.1. The summed E-state index contributed by atoms with van der Waals surface area (Å²) in [4.78, 5) is 11.6. The lowest BCUT2D eigenvalue weighted by atomic mass is 10.1. The number of hydrogen-bond acceptors (Lipinski definition) is 6. The third-order valence-corrected chi connectivity index (χ3v) is 5.18. The minimum Gasteiger partial charge on any atom is -0.375 e. The van der Waals surface area contributed by atoms with Gasteiger partial charge in [0.15, 0.2) is 5.96 Å². The smallest absolute Gasteiger partial charge is 0.191 e. The van der Waals surface area contributed by atoms with Crippen LogP contribution in [-0.2, 0) is 30.7 Å². The molecule has 2 aromatic heterocycles. The second-order valence-corrected chi connectivity index (χ2v) is 7.44. The Kier molecular flexibility index (Phi) is 8.07. The molecular weight excluding hydrogens is 380 g/mol. The number of pyridine rings is 1. The second kappa shape index (κ2) is 11.0. The molecule has 2 aromatic rings. The molecule has 164 valence electrons. The first-order valence-corrected chi connectivity index (χ1v) is 10.9. The molecule has 1 fully saturated rings. The molecule has 30 heavy (non-hydrogen) atoms. The van der Waals surface area contributed by atoms with Crippen molar-refractivity contribution in [1.82, 2.24) is 20.8 Å². The van der Waals surface area contributed by atoms with Crippen molar-refractivity contribution < 1.29 is 9.26 Å². The van der Waals surface area contributed by atoms with Gasteiger partial charge in [-0.2, -0.15) is 0 Å². The van der Waals surface area contributed by atoms with Gasteiger partial charge in [-0.15, -0.1) is 0 Å². The van der Waals surface area contributed by atoms with Crippen LogP contribution >= 0.6 is 0 Å². The van der Waals surface area contributed by atoms with Gasteiger partial charge in [0.05, 0.1) is 24.9 Å². The number of nitrogens with zero attached hydrogens (tertiary/aromatic N) is 4. The van der Waals surface area contributed by atoms with Crippen LogP contribution in [0.1, 0.15) is 50.3 Å². The predicted octanol–water partition coefficient (Wildman–Crippen LogP) is 2.67. The van der Waals surface area contributed by atoms with E-state index >= 15 is 0 Å². The van der Waals surface area contributed by atoms with Crippen LogP contribution in [0.2, 0.25) is 0 Å². The highest BCUT2D eigenvalue weighted by Crippen LogP contribution is 2.17. The van der Waals surface area contributed by atoms with Crippen LogP contribution in [0.4, 0.5) is 5.82 Å². The number of guanidine groups is 1. The fourth-order valence-corrected chi connectivity index (χ4v) is 3.55. The summed E-state index contributed by atoms with van der Waals surface area (Å²) >= 11 is 0. The number of nitrogens with one attached hydrogen (secondary N) is 2. The highest BCUT2D eigenvalue weighted by Gasteiger charge is 2.17. The first-order valence-electron chi connectivity index (χ1n) is 10.9. The molecule has 0 amide bonds. The molecule has 0 radical (unpaired) electrons. The van der Waals surface area contributed by atoms with Gasteiger partial charge in [-0.3, -0.25) is 0 Å². The van der Waals surface area contributed by atoms with E-state index in [2.05, 4.69) is 65.5 Å². The van der Waals surface area contributed by atoms with Gasteiger partial charge in [0.25, 0.3) is 0 Å². The Morgan fingerprint density at radius 3 is 2.77 bits per heavy atom. The number of hydrogen-bond donors (Lipinski definition) is 2. The maximum Gasteiger partial charge on any atom is 0.191 e. The van der Waals surface area contributed by atoms with Crippen molar-refractivity contribution >= 4 is 11.8 Å². The van der Waals surface area contributed by atoms with E-state index in [-0.39, 0.29) is 6.10 Å². The van der Waals surface area contributed by atoms with Crippen molar-refractivity contribution in [2.24, 2.45) is 4.99 Å². The molecule has 1 unspecified atom stereocenters. The Bertz CT molecular complexity index is 796. The van der Waals surface area contributed by atoms with Gasteiger partial charge < -0.3 is 24.8 Å². The molecule has 1 atom stereocenters. The van der Waals surface area contributed by atoms with Gasteiger partial charge in [0.2, 0.25) is 0 Å². The van der Waals surface area contributed by atoms with Crippen molar-refractivity contribution in [3.05, 3.63) is 40.9 Å². The molecule has 0 bridgehead atoms. The first kappa shape index (κ1) is 22.1. The molecule has 1 aliphatic heterocycles. The largest absolute Gasteiger partial charge is 0.375 e. The second-order valence-electron chi connectivity index (χ2n) is 7.44. The molecule has 1 saturated heterocycles. The van der Waals surface area contributed by atoms with Gasteiger partial charge in [0.1, 0.15) is 11.6 Å². The summed E-state index contributed by atoms with van der Waals surface area (Å²) in [5, 5.41) is 10.9. The topological polar surface area (TPSA) is 87.8 Å². The Morgan fingerprint density at radius 2 is 2.10 bits per heavy atom. The summed E-state index contributed by atoms with van der Waals surface area (Å²) in [5.74, 6) is 2.70. The van der Waals surface area contributed by atoms with E-state index < -0.39 is 0 Å². The molecular formula is C22H34N6O2. The Morgan fingerprint density at radius 1 is 1.23 bits per heavy atom. The fraction of sp³-hybridized carbons (Fsp3) is 0.591. The summed E-state index contributed by atoms with van der Waals surface area (Å²) in [6.07, 6.45) is 3.84. The van der Waals surface area contributed by atoms with Crippen molar-refractivity contribution in [3.8, 4) is 0 Å². The van der Waals surface area contributed by atoms with E-state index in [4.69, 9.17) is 14.3 Å². The van der Waals surface area contributed by atoms with Gasteiger partial charge in [-0.25, -0.2) is 9.98 Å². The van der Waals surface area contributed by atoms with Crippen LogP contribution < -0.4 is 15.5 Å². The number of anilines is 1. The summed E-state index contributed by atoms with van der Waals surface area (Å²) in [5.41, 5.74) is 3.22. The zero-order chi connectivity index (χ0) is 21.3. The number of rotatable bonds is 8. The van der Waals surface area contributed by atoms with Gasteiger partial charge >= 0.3 is 0 Å². The predicted molar refractivity (Wildman–Crippen MR) is 119 cm³/mol. The number of morpholine rings is 1. The van der Waals surface area contributed by atoms with Crippen LogP contribution in [0, 0.1) is 0 Å². The molecule has 0 aliphatic carbocycles. The third kappa shape index (κ3) is 5.72. The highest BCUT2D eigenvalue weighted by atomic mass is 16.5. The number of ether oxygens (including phenoxy) is 1. The van der Waals surface area contributed by atoms with Gasteiger partial charge in [-0.05, 0) is 31.9 Å². The van der Waals surface area contributed by atoms with E-state index in [1.165, 1.54) is 0 Å². The summed E-state index contributed by atoms with van der Waals surface area (Å²) in [6, 6.07) is 4.17. The minimum absolute atomic E-state index is 0.241. The van der Waals surface area contributed by atoms with Crippen LogP contribution in [0.25, 0.3) is 0 Å². The van der Waals surface area contributed by atoms with Crippen LogP contribution in [-0.4, -0.2) is 48.4 Å². The van der Waals surface area contributed by atoms with Gasteiger partial charge in [-0.1, -0.05) is 25.1 Å². The van der Waals surface area contributed by atoms with E-state index in [9.17, 15) is 0 Å². The summed E-state index contributed by atoms with van der Waals surface area (Å²) in [7, 11) is 0. The summed E-state index contributed by atoms with van der Waals surface area (Å²) in [6.45, 7) is 12.8. The molecule has 3 heterocycles. The maximum atomic E-state index is 5.61. The molecule has 3 rings (SSSR count). The van der Waals surface area contributed by atoms with E-state index in [0.717, 1.165) is 73.4 Å². The average Bonchev–Trinajstić information content (AvgIpc) is 3.18. The van der Waals surface area contributed by atoms with E-state index in [1.807, 2.05) is 6.20 Å². The molecule has 1 aliphatic rings. The molecule has 0 saturated carbocycles. The minimum atomic E-state index is 0.241. The number of aliphatic imine (C=N–C) groups is 1. The molecule has 0 aromatic carbocycles. The van der Waals surface area contributed by atoms with Crippen LogP contribution in [0.5, 0.6) is 0 Å². The van der Waals surface area contributed by atoms with Gasteiger partial charge in [0, 0.05) is 44.4 Å². The maximum absolute atomic E-state index is 5.61. The third-order valence-electron chi connectivity index (χ3n) is 5.18. The van der Waals surface area contributed by atoms with Crippen molar-refractivity contribution in [2.45, 2.75) is 59.7 Å². The molecule has 2 N–H and O–H groups in total. The highest BCUT2D eigenvalue weighted by molar-refractivity contribution is 5.79. The molecule has 8 nitrogen and oxygen atoms in total. The van der Waals surface area contributed by atoms with Crippen molar-refractivity contribution in [1.29, 1.82) is 0 Å². The lowest BCUT2D eigenvalue weighted by molar-refractivity contribution is 0.0529. The van der Waals surface area contributed by atoms with Crippen LogP contribution in [0.15, 0.2) is 27.8 Å². The number of aromatic nitrogens is 2. The zero-order valence-corrected chi connectivity index (χ0v) is 18.6. The standard InChI is InChI=1S/C22H34N6O2/c1-5-19-18(20(6-2)30-27-19)14-26-22(23-7-3)25-13-17-8-9-21(24-12-17)28-10-11-29-16(4)15-28/h8-9,12,16H,5-7,10-11,13-15H2,1-4H3,(H2,23,25,26). The zero-order valence-electron chi connectivity index (χ0n) is 18.6. The van der Waals surface area contributed by atoms with Crippen LogP contribution in [0.3, 0.4) is 0 Å². The lowest BCUT2D eigenvalue weighted by Gasteiger charge is -2.32. The normalized spacial score (nSPS) is 17.3. The Hall–Kier alpha value is -2.61. The number of aryl methyl sites for hydroxylation is 2. The molecule has 0 spiro atoms. The SMILES string of the molecule is CCNC(=NCc1ccc(N2CCOC(C)C2)nc1)NCc1c(CC)noc1CC. The monoisotopic (exact) mass is 414 g/mol. The average molecular weight is 415 g/mol. The first-order chi connectivity index (χ1) is 14.6. The van der Waals surface area contributed by atoms with Crippen molar-refractivity contribution in [2.75, 3.05) is 31.1 Å². The Labute approximate surface area is 179 Å². The quantitative estimate of drug-likeness (QED) is 0.507. The fourth-order valence-electron chi connectivity index (χ4n) is 3.55. The van der Waals surface area contributed by atoms with Crippen molar-refractivity contribution in [3.63, 3.8) is 0 Å². The molecule has 8 heteroatoms. The van der Waals surface area contributed by atoms with E-state index in [1.54, 1.807) is 0 Å². The Balaban J connectivity index is 1.61. The van der Waals surface area contributed by atoms with E-state index in [0.29, 0.717) is 13.1 Å².